The molecule has 1 aromatic carbocycles. The van der Waals surface area contributed by atoms with Gasteiger partial charge in [0.05, 0.1) is 7.11 Å². The van der Waals surface area contributed by atoms with Crippen molar-refractivity contribution in [1.82, 2.24) is 4.90 Å². The second-order valence-electron chi connectivity index (χ2n) is 4.46. The van der Waals surface area contributed by atoms with Gasteiger partial charge in [-0.1, -0.05) is 37.2 Å². The number of halogens is 1. The van der Waals surface area contributed by atoms with Gasteiger partial charge in [0.1, 0.15) is 6.54 Å². The lowest BCUT2D eigenvalue weighted by atomic mass is 10.1. The summed E-state index contributed by atoms with van der Waals surface area (Å²) in [5, 5.41) is 0.679. The first-order valence-electron chi connectivity index (χ1n) is 6.41. The van der Waals surface area contributed by atoms with Crippen LogP contribution in [-0.2, 0) is 9.53 Å². The van der Waals surface area contributed by atoms with Crippen LogP contribution in [0.3, 0.4) is 0 Å². The number of likely N-dealkylation sites (N-methyl/N-ethyl adjacent to an activating group) is 1. The molecule has 20 heavy (non-hydrogen) atoms. The van der Waals surface area contributed by atoms with Gasteiger partial charge >= 0.3 is 5.97 Å². The Hall–Kier alpha value is -1.74. The zero-order valence-electron chi connectivity index (χ0n) is 12.1. The van der Waals surface area contributed by atoms with E-state index in [-0.39, 0.29) is 12.5 Å². The summed E-state index contributed by atoms with van der Waals surface area (Å²) in [7, 11) is 3.24. The van der Waals surface area contributed by atoms with Gasteiger partial charge < -0.3 is 9.64 Å². The summed E-state index contributed by atoms with van der Waals surface area (Å²) in [6, 6.07) is 7.54. The number of hydrogen-bond acceptors (Lipinski definition) is 3. The van der Waals surface area contributed by atoms with Crippen molar-refractivity contribution in [1.29, 1.82) is 0 Å². The second-order valence-corrected chi connectivity index (χ2v) is 4.89. The van der Waals surface area contributed by atoms with Crippen molar-refractivity contribution in [2.75, 3.05) is 20.7 Å². The van der Waals surface area contributed by atoms with Crippen molar-refractivity contribution in [3.8, 4) is 0 Å². The minimum atomic E-state index is -0.264. The first kappa shape index (κ1) is 16.3. The summed E-state index contributed by atoms with van der Waals surface area (Å²) in [5.74, 6) is -0.264. The van der Waals surface area contributed by atoms with Crippen LogP contribution in [0.1, 0.15) is 18.9 Å². The van der Waals surface area contributed by atoms with Crippen LogP contribution in [0.15, 0.2) is 42.6 Å². The average molecular weight is 294 g/mol. The molecular weight excluding hydrogens is 274 g/mol. The molecule has 0 atom stereocenters. The predicted octanol–water partition coefficient (Wildman–Crippen LogP) is 3.75. The zero-order valence-corrected chi connectivity index (χ0v) is 12.9. The number of esters is 1. The molecule has 1 aromatic rings. The van der Waals surface area contributed by atoms with Crippen molar-refractivity contribution in [3.05, 3.63) is 53.2 Å². The van der Waals surface area contributed by atoms with E-state index in [1.165, 1.54) is 7.11 Å². The predicted molar refractivity (Wildman–Crippen MR) is 83.5 cm³/mol. The molecule has 0 saturated carbocycles. The molecule has 1 rings (SSSR count). The second kappa shape index (κ2) is 7.75. The van der Waals surface area contributed by atoms with Gasteiger partial charge in [-0.15, -0.1) is 0 Å². The van der Waals surface area contributed by atoms with Crippen LogP contribution in [0.25, 0.3) is 5.57 Å². The number of rotatable bonds is 6. The Morgan fingerprint density at radius 1 is 1.50 bits per heavy atom. The van der Waals surface area contributed by atoms with Crippen LogP contribution >= 0.6 is 11.6 Å². The number of ether oxygens (including phenoxy) is 1. The lowest BCUT2D eigenvalue weighted by molar-refractivity contribution is -0.141. The fourth-order valence-corrected chi connectivity index (χ4v) is 2.00. The number of nitrogens with zero attached hydrogens (tertiary/aromatic N) is 1. The third kappa shape index (κ3) is 4.74. The van der Waals surface area contributed by atoms with Gasteiger partial charge in [0.15, 0.2) is 0 Å². The Morgan fingerprint density at radius 3 is 2.75 bits per heavy atom. The number of methoxy groups -OCH3 is 1. The molecule has 4 heteroatoms. The first-order chi connectivity index (χ1) is 9.47. The number of carbonyl (C=O) groups excluding carboxylic acids is 1. The van der Waals surface area contributed by atoms with E-state index in [4.69, 9.17) is 11.6 Å². The summed E-state index contributed by atoms with van der Waals surface area (Å²) < 4.78 is 4.67. The molecule has 0 aliphatic rings. The highest BCUT2D eigenvalue weighted by molar-refractivity contribution is 6.30. The third-order valence-corrected chi connectivity index (χ3v) is 3.22. The quantitative estimate of drug-likeness (QED) is 0.591. The molecule has 0 spiro atoms. The summed E-state index contributed by atoms with van der Waals surface area (Å²) >= 11 is 5.98. The molecule has 0 amide bonds. The highest BCUT2D eigenvalue weighted by atomic mass is 35.5. The van der Waals surface area contributed by atoms with Gasteiger partial charge in [-0.25, -0.2) is 0 Å². The van der Waals surface area contributed by atoms with Crippen LogP contribution in [0.4, 0.5) is 0 Å². The maximum absolute atomic E-state index is 11.3. The Kier molecular flexibility index (Phi) is 6.32. The summed E-state index contributed by atoms with van der Waals surface area (Å²) in [6.45, 7) is 6.31. The number of hydrogen-bond donors (Lipinski definition) is 0. The Labute approximate surface area is 125 Å². The highest BCUT2D eigenvalue weighted by Gasteiger charge is 2.09. The van der Waals surface area contributed by atoms with E-state index in [2.05, 4.69) is 11.3 Å². The van der Waals surface area contributed by atoms with E-state index >= 15 is 0 Å². The summed E-state index contributed by atoms with van der Waals surface area (Å²) in [4.78, 5) is 13.2. The molecule has 0 bridgehead atoms. The minimum absolute atomic E-state index is 0.221. The van der Waals surface area contributed by atoms with Gasteiger partial charge in [-0.05, 0) is 35.8 Å². The smallest absolute Gasteiger partial charge is 0.325 e. The first-order valence-corrected chi connectivity index (χ1v) is 6.79. The van der Waals surface area contributed by atoms with Crippen molar-refractivity contribution >= 4 is 23.1 Å². The molecule has 0 heterocycles. The number of carbonyl (C=O) groups is 1. The highest BCUT2D eigenvalue weighted by Crippen LogP contribution is 2.21. The van der Waals surface area contributed by atoms with E-state index in [9.17, 15) is 4.79 Å². The van der Waals surface area contributed by atoms with E-state index in [1.807, 2.05) is 49.2 Å². The Balaban J connectivity index is 2.88. The molecule has 0 saturated heterocycles. The van der Waals surface area contributed by atoms with E-state index in [0.29, 0.717) is 5.02 Å². The van der Waals surface area contributed by atoms with E-state index in [0.717, 1.165) is 23.3 Å². The molecule has 3 nitrogen and oxygen atoms in total. The number of benzene rings is 1. The van der Waals surface area contributed by atoms with Crippen LogP contribution in [0.5, 0.6) is 0 Å². The average Bonchev–Trinajstić information content (AvgIpc) is 2.44. The van der Waals surface area contributed by atoms with Crippen molar-refractivity contribution < 1.29 is 9.53 Å². The molecule has 108 valence electrons. The van der Waals surface area contributed by atoms with Crippen molar-refractivity contribution in [3.63, 3.8) is 0 Å². The van der Waals surface area contributed by atoms with Crippen LogP contribution in [-0.4, -0.2) is 31.6 Å². The summed E-state index contributed by atoms with van der Waals surface area (Å²) in [6.07, 6.45) is 2.77. The lowest BCUT2D eigenvalue weighted by Crippen LogP contribution is -2.26. The molecule has 0 aliphatic carbocycles. The minimum Gasteiger partial charge on any atom is -0.468 e. The normalized spacial score (nSPS) is 11.1. The zero-order chi connectivity index (χ0) is 15.1. The van der Waals surface area contributed by atoms with Gasteiger partial charge in [-0.2, -0.15) is 0 Å². The van der Waals surface area contributed by atoms with Gasteiger partial charge in [0.2, 0.25) is 0 Å². The van der Waals surface area contributed by atoms with Crippen LogP contribution in [0, 0.1) is 0 Å². The largest absolute Gasteiger partial charge is 0.468 e. The fourth-order valence-electron chi connectivity index (χ4n) is 1.81. The molecule has 0 unspecified atom stereocenters. The Bertz CT molecular complexity index is 523. The van der Waals surface area contributed by atoms with Gasteiger partial charge in [-0.3, -0.25) is 4.79 Å². The maximum Gasteiger partial charge on any atom is 0.325 e. The monoisotopic (exact) mass is 293 g/mol. The lowest BCUT2D eigenvalue weighted by Gasteiger charge is -2.21. The van der Waals surface area contributed by atoms with E-state index in [1.54, 1.807) is 0 Å². The SMILES string of the molecule is C=C(/C=C(/CC)N(C)CC(=O)OC)c1cccc(Cl)c1. The maximum atomic E-state index is 11.3. The molecule has 0 N–H and O–H groups in total. The van der Waals surface area contributed by atoms with Crippen molar-refractivity contribution in [2.24, 2.45) is 0 Å². The molecule has 0 aliphatic heterocycles. The number of allylic oxidation sites excluding steroid dienone is 3. The topological polar surface area (TPSA) is 29.5 Å². The standard InChI is InChI=1S/C16H20ClNO2/c1-5-15(18(3)11-16(19)20-4)9-12(2)13-7-6-8-14(17)10-13/h6-10H,2,5,11H2,1,3-4H3/b15-9-. The van der Waals surface area contributed by atoms with Crippen molar-refractivity contribution in [2.45, 2.75) is 13.3 Å². The molecular formula is C16H20ClNO2. The Morgan fingerprint density at radius 2 is 2.20 bits per heavy atom. The van der Waals surface area contributed by atoms with Gasteiger partial charge in [0, 0.05) is 17.8 Å². The molecule has 0 aromatic heterocycles. The molecule has 0 fully saturated rings. The van der Waals surface area contributed by atoms with Crippen LogP contribution < -0.4 is 0 Å². The third-order valence-electron chi connectivity index (χ3n) is 2.98. The van der Waals surface area contributed by atoms with Crippen LogP contribution in [0.2, 0.25) is 5.02 Å². The van der Waals surface area contributed by atoms with E-state index < -0.39 is 0 Å². The van der Waals surface area contributed by atoms with Gasteiger partial charge in [0.25, 0.3) is 0 Å². The summed E-state index contributed by atoms with van der Waals surface area (Å²) in [5.41, 5.74) is 2.84. The fraction of sp³-hybridized carbons (Fsp3) is 0.312. The molecule has 0 radical (unpaired) electrons.